The molecule has 1 spiro atoms. The fourth-order valence-electron chi connectivity index (χ4n) is 14.3. The maximum Gasteiger partial charge on any atom is 0.0995 e. The van der Waals surface area contributed by atoms with Gasteiger partial charge in [0.05, 0.1) is 39.8 Å². The van der Waals surface area contributed by atoms with Crippen molar-refractivity contribution in [3.05, 3.63) is 242 Å². The van der Waals surface area contributed by atoms with Gasteiger partial charge in [0, 0.05) is 50.6 Å². The van der Waals surface area contributed by atoms with Gasteiger partial charge in [0.1, 0.15) is 0 Å². The maximum atomic E-state index is 11.3. The predicted octanol–water partition coefficient (Wildman–Crippen LogP) is 13.3. The Hall–Kier alpha value is -7.98. The summed E-state index contributed by atoms with van der Waals surface area (Å²) in [7, 11) is 0. The molecular weight excluding hydrogens is 751 g/mol. The third kappa shape index (κ3) is 3.22. The molecule has 3 heteroatoms. The number of rotatable bonds is 1. The number of hydrogen-bond donors (Lipinski definition) is 0. The molecule has 9 aromatic carbocycles. The average Bonchev–Trinajstić information content (AvgIpc) is 3.91. The average molecular weight is 782 g/mol. The van der Waals surface area contributed by atoms with Gasteiger partial charge in [-0.3, -0.25) is 0 Å². The van der Waals surface area contributed by atoms with Crippen molar-refractivity contribution in [1.29, 1.82) is 10.5 Å². The molecule has 0 fully saturated rings. The summed E-state index contributed by atoms with van der Waals surface area (Å²) in [6.45, 7) is 0. The summed E-state index contributed by atoms with van der Waals surface area (Å²) in [6, 6.07) is 65.9. The van der Waals surface area contributed by atoms with E-state index in [1.54, 1.807) is 0 Å². The van der Waals surface area contributed by atoms with Crippen molar-refractivity contribution in [3.63, 3.8) is 0 Å². The summed E-state index contributed by atoms with van der Waals surface area (Å²) in [5.41, 5.74) is 22.7. The lowest BCUT2D eigenvalue weighted by molar-refractivity contribution is 0.333. The van der Waals surface area contributed by atoms with Crippen LogP contribution in [-0.2, 0) is 5.41 Å². The smallest absolute Gasteiger partial charge is 0.0995 e. The van der Waals surface area contributed by atoms with Crippen LogP contribution in [-0.4, -0.2) is 4.40 Å². The van der Waals surface area contributed by atoms with Crippen LogP contribution in [0.4, 0.5) is 0 Å². The van der Waals surface area contributed by atoms with Crippen LogP contribution in [0, 0.1) is 22.7 Å². The van der Waals surface area contributed by atoms with Crippen LogP contribution < -0.4 is 0 Å². The zero-order valence-corrected chi connectivity index (χ0v) is 33.2. The van der Waals surface area contributed by atoms with Gasteiger partial charge in [-0.2, -0.15) is 10.5 Å². The Bertz CT molecular complexity index is 3990. The molecule has 0 saturated heterocycles. The maximum absolute atomic E-state index is 11.3. The third-order valence-corrected chi connectivity index (χ3v) is 16.2. The monoisotopic (exact) mass is 781 g/mol. The Kier molecular flexibility index (Phi) is 5.39. The first-order valence-electron chi connectivity index (χ1n) is 21.8. The van der Waals surface area contributed by atoms with Crippen LogP contribution in [0.1, 0.15) is 102 Å². The highest BCUT2D eigenvalue weighted by Gasteiger charge is 2.70. The lowest BCUT2D eigenvalue weighted by Gasteiger charge is -2.58. The molecule has 0 N–H and O–H groups in total. The number of nitriles is 2. The van der Waals surface area contributed by atoms with E-state index in [9.17, 15) is 10.5 Å². The fraction of sp³-hybridized carbons (Fsp3) is 0.0847. The van der Waals surface area contributed by atoms with Crippen molar-refractivity contribution in [1.82, 2.24) is 4.40 Å². The van der Waals surface area contributed by atoms with E-state index >= 15 is 0 Å². The molecule has 3 unspecified atom stereocenters. The Balaban J connectivity index is 1.13. The highest BCUT2D eigenvalue weighted by atomic mass is 14.9. The molecule has 282 valence electrons. The molecule has 6 aliphatic rings. The van der Waals surface area contributed by atoms with E-state index < -0.39 is 0 Å². The lowest BCUT2D eigenvalue weighted by Crippen LogP contribution is -2.52. The minimum Gasteiger partial charge on any atom is -0.308 e. The number of hydrogen-bond acceptors (Lipinski definition) is 2. The summed E-state index contributed by atoms with van der Waals surface area (Å²) in [5.74, 6) is 0.209. The first-order chi connectivity index (χ1) is 30.7. The van der Waals surface area contributed by atoms with Crippen molar-refractivity contribution in [2.24, 2.45) is 0 Å². The SMILES string of the molecule is N#Cc1cc2c(c3c1C1c4ccccc4C3c3ccccc31)c1c3ccc(-c4ccccc4)cc3cc3c4c5c(c(C#N)cc4n2c31)C1c2ccccc2C12c1ccccc1C52. The van der Waals surface area contributed by atoms with Gasteiger partial charge in [0.15, 0.2) is 0 Å². The minimum absolute atomic E-state index is 0.0198. The van der Waals surface area contributed by atoms with Crippen molar-refractivity contribution < 1.29 is 0 Å². The normalized spacial score (nSPS) is 21.3. The Labute approximate surface area is 356 Å². The molecule has 2 aromatic heterocycles. The van der Waals surface area contributed by atoms with Gasteiger partial charge in [-0.15, -0.1) is 0 Å². The molecule has 17 rings (SSSR count). The van der Waals surface area contributed by atoms with Crippen LogP contribution in [0.5, 0.6) is 0 Å². The van der Waals surface area contributed by atoms with Crippen LogP contribution in [0.15, 0.2) is 164 Å². The zero-order valence-electron chi connectivity index (χ0n) is 33.2. The van der Waals surface area contributed by atoms with Gasteiger partial charge in [-0.05, 0) is 113 Å². The lowest BCUT2D eigenvalue weighted by atomic mass is 9.43. The highest BCUT2D eigenvalue weighted by molar-refractivity contribution is 6.33. The molecule has 3 nitrogen and oxygen atoms in total. The summed E-state index contributed by atoms with van der Waals surface area (Å²) in [4.78, 5) is 0. The Morgan fingerprint density at radius 1 is 0.419 bits per heavy atom. The number of fused-ring (bicyclic) bond motifs is 16. The van der Waals surface area contributed by atoms with Gasteiger partial charge in [-0.25, -0.2) is 0 Å². The molecule has 0 aliphatic heterocycles. The van der Waals surface area contributed by atoms with Crippen molar-refractivity contribution in [2.75, 3.05) is 0 Å². The Morgan fingerprint density at radius 3 is 1.58 bits per heavy atom. The van der Waals surface area contributed by atoms with Crippen LogP contribution >= 0.6 is 0 Å². The van der Waals surface area contributed by atoms with Gasteiger partial charge < -0.3 is 4.40 Å². The molecule has 62 heavy (non-hydrogen) atoms. The predicted molar refractivity (Wildman–Crippen MR) is 246 cm³/mol. The van der Waals surface area contributed by atoms with Crippen LogP contribution in [0.2, 0.25) is 0 Å². The largest absolute Gasteiger partial charge is 0.308 e. The van der Waals surface area contributed by atoms with Gasteiger partial charge in [0.2, 0.25) is 0 Å². The summed E-state index contributed by atoms with van der Waals surface area (Å²) < 4.78 is 2.47. The minimum atomic E-state index is -0.181. The van der Waals surface area contributed by atoms with Gasteiger partial charge >= 0.3 is 0 Å². The summed E-state index contributed by atoms with van der Waals surface area (Å²) >= 11 is 0. The first kappa shape index (κ1) is 31.9. The van der Waals surface area contributed by atoms with E-state index in [2.05, 4.69) is 180 Å². The van der Waals surface area contributed by atoms with Crippen molar-refractivity contribution in [3.8, 4) is 23.3 Å². The second-order valence-corrected chi connectivity index (χ2v) is 18.3. The van der Waals surface area contributed by atoms with Crippen LogP contribution in [0.3, 0.4) is 0 Å². The standard InChI is InChI=1S/C59H31N3/c60-28-33-26-46-53(54-47(33)49-36-14-4-6-16-38(36)50(54)39-17-7-5-15-37(39)49)52-35-23-22-31(30-12-2-1-3-13-30)24-32(35)25-42-51-45(62(46)58(42)52)27-34(29-61)48-55(51)57-41-19-9-11-21-44(41)59(57)43-20-10-8-18-40(43)56(48)59/h1-27,49-50,56-57H. The number of aromatic nitrogens is 1. The molecule has 11 aromatic rings. The molecule has 0 saturated carbocycles. The van der Waals surface area contributed by atoms with E-state index in [4.69, 9.17) is 0 Å². The molecule has 0 radical (unpaired) electrons. The highest BCUT2D eigenvalue weighted by Crippen LogP contribution is 2.78. The molecule has 6 aliphatic carbocycles. The molecule has 3 atom stereocenters. The number of benzene rings is 9. The van der Waals surface area contributed by atoms with E-state index in [1.807, 2.05) is 0 Å². The van der Waals surface area contributed by atoms with E-state index in [0.717, 1.165) is 27.7 Å². The zero-order chi connectivity index (χ0) is 40.3. The van der Waals surface area contributed by atoms with E-state index in [0.29, 0.717) is 0 Å². The van der Waals surface area contributed by atoms with E-state index in [-0.39, 0.29) is 29.1 Å². The molecular formula is C59H31N3. The molecule has 2 heterocycles. The van der Waals surface area contributed by atoms with E-state index in [1.165, 1.54) is 110 Å². The Morgan fingerprint density at radius 2 is 0.952 bits per heavy atom. The van der Waals surface area contributed by atoms with Crippen molar-refractivity contribution in [2.45, 2.75) is 29.1 Å². The third-order valence-electron chi connectivity index (χ3n) is 16.2. The van der Waals surface area contributed by atoms with Crippen LogP contribution in [0.25, 0.3) is 60.0 Å². The van der Waals surface area contributed by atoms with Gasteiger partial charge in [0.25, 0.3) is 0 Å². The second-order valence-electron chi connectivity index (χ2n) is 18.3. The second kappa shape index (κ2) is 10.5. The molecule has 0 amide bonds. The van der Waals surface area contributed by atoms with Crippen molar-refractivity contribution >= 4 is 48.9 Å². The number of nitrogens with zero attached hydrogens (tertiary/aromatic N) is 3. The quantitative estimate of drug-likeness (QED) is 0.167. The fourth-order valence-corrected chi connectivity index (χ4v) is 14.3. The first-order valence-corrected chi connectivity index (χ1v) is 21.8. The molecule has 2 bridgehead atoms. The summed E-state index contributed by atoms with van der Waals surface area (Å²) in [6.07, 6.45) is 0. The topological polar surface area (TPSA) is 52.0 Å². The van der Waals surface area contributed by atoms with Gasteiger partial charge in [-0.1, -0.05) is 140 Å². The summed E-state index contributed by atoms with van der Waals surface area (Å²) in [5, 5.41) is 29.9.